The zero-order chi connectivity index (χ0) is 22.7. The molecular formula is C22H24ClF3N2O3. The first-order valence-corrected chi connectivity index (χ1v) is 10.2. The van der Waals surface area contributed by atoms with Crippen LogP contribution in [0.2, 0.25) is 0 Å². The summed E-state index contributed by atoms with van der Waals surface area (Å²) in [6.07, 6.45) is -4.78. The Morgan fingerprint density at radius 3 is 1.52 bits per heavy atom. The summed E-state index contributed by atoms with van der Waals surface area (Å²) in [6, 6.07) is 17.0. The van der Waals surface area contributed by atoms with E-state index in [0.29, 0.717) is 11.1 Å². The fraction of sp³-hybridized carbons (Fsp3) is 0.364. The highest BCUT2D eigenvalue weighted by Gasteiger charge is 2.41. The number of carbonyl (C=O) groups is 2. The molecule has 0 radical (unpaired) electrons. The second-order valence-corrected chi connectivity index (χ2v) is 7.57. The molecule has 0 bridgehead atoms. The molecule has 0 aromatic heterocycles. The van der Waals surface area contributed by atoms with Crippen LogP contribution in [0.1, 0.15) is 46.4 Å². The summed E-state index contributed by atoms with van der Waals surface area (Å²) in [4.78, 5) is 24.0. The van der Waals surface area contributed by atoms with Crippen LogP contribution in [0.15, 0.2) is 60.7 Å². The molecule has 0 fully saturated rings. The van der Waals surface area contributed by atoms with Crippen LogP contribution in [0.3, 0.4) is 0 Å². The van der Waals surface area contributed by atoms with Crippen molar-refractivity contribution in [3.63, 3.8) is 0 Å². The quantitative estimate of drug-likeness (QED) is 0.374. The smallest absolute Gasteiger partial charge is 0.352 e. The van der Waals surface area contributed by atoms with E-state index in [1.54, 1.807) is 60.7 Å². The van der Waals surface area contributed by atoms with Gasteiger partial charge in [0.25, 0.3) is 11.8 Å². The van der Waals surface area contributed by atoms with E-state index in [9.17, 15) is 22.8 Å². The largest absolute Gasteiger partial charge is 0.524 e. The maximum Gasteiger partial charge on any atom is 0.524 e. The van der Waals surface area contributed by atoms with E-state index in [1.807, 2.05) is 0 Å². The number of rotatable bonds is 11. The van der Waals surface area contributed by atoms with Gasteiger partial charge >= 0.3 is 6.36 Å². The highest BCUT2D eigenvalue weighted by atomic mass is 35.5. The van der Waals surface area contributed by atoms with Gasteiger partial charge in [-0.25, -0.2) is 0 Å². The molecular weight excluding hydrogens is 433 g/mol. The predicted molar refractivity (Wildman–Crippen MR) is 112 cm³/mol. The fourth-order valence-corrected chi connectivity index (χ4v) is 3.28. The molecule has 168 valence electrons. The van der Waals surface area contributed by atoms with Crippen LogP contribution < -0.4 is 10.6 Å². The molecule has 2 aromatic rings. The SMILES string of the molecule is O=C(NCCCC(Cl)(CCCNC(=O)c1ccccc1)OC(F)(F)F)c1ccccc1. The number of hydrogen-bond donors (Lipinski definition) is 2. The van der Waals surface area contributed by atoms with Gasteiger partial charge in [0.15, 0.2) is 5.06 Å². The zero-order valence-electron chi connectivity index (χ0n) is 16.8. The van der Waals surface area contributed by atoms with E-state index in [-0.39, 0.29) is 50.6 Å². The molecule has 0 aliphatic carbocycles. The summed E-state index contributed by atoms with van der Waals surface area (Å²) in [6.45, 7) is 0.294. The van der Waals surface area contributed by atoms with Crippen molar-refractivity contribution >= 4 is 23.4 Å². The van der Waals surface area contributed by atoms with E-state index >= 15 is 0 Å². The van der Waals surface area contributed by atoms with Gasteiger partial charge in [-0.05, 0) is 49.9 Å². The van der Waals surface area contributed by atoms with Gasteiger partial charge in [0, 0.05) is 24.2 Å². The van der Waals surface area contributed by atoms with Crippen molar-refractivity contribution in [3.05, 3.63) is 71.8 Å². The minimum absolute atomic E-state index is 0.129. The lowest BCUT2D eigenvalue weighted by Gasteiger charge is -2.28. The van der Waals surface area contributed by atoms with Crippen molar-refractivity contribution in [3.8, 4) is 0 Å². The molecule has 0 spiro atoms. The molecule has 2 aromatic carbocycles. The summed E-state index contributed by atoms with van der Waals surface area (Å²) >= 11 is 6.12. The molecule has 0 saturated carbocycles. The van der Waals surface area contributed by atoms with Crippen LogP contribution in [0.5, 0.6) is 0 Å². The number of halogens is 4. The second kappa shape index (κ2) is 11.7. The number of nitrogens with one attached hydrogen (secondary N) is 2. The van der Waals surface area contributed by atoms with Crippen molar-refractivity contribution < 1.29 is 27.5 Å². The van der Waals surface area contributed by atoms with Crippen LogP contribution in [-0.2, 0) is 4.74 Å². The van der Waals surface area contributed by atoms with E-state index in [1.165, 1.54) is 0 Å². The van der Waals surface area contributed by atoms with Crippen LogP contribution >= 0.6 is 11.6 Å². The van der Waals surface area contributed by atoms with Crippen LogP contribution in [0.25, 0.3) is 0 Å². The molecule has 5 nitrogen and oxygen atoms in total. The number of hydrogen-bond acceptors (Lipinski definition) is 3. The lowest BCUT2D eigenvalue weighted by molar-refractivity contribution is -0.353. The Morgan fingerprint density at radius 1 is 0.774 bits per heavy atom. The van der Waals surface area contributed by atoms with Gasteiger partial charge in [-0.2, -0.15) is 0 Å². The Balaban J connectivity index is 1.79. The molecule has 0 saturated heterocycles. The standard InChI is InChI=1S/C22H24ClF3N2O3/c23-21(31-22(24,25)26,13-7-15-27-19(29)17-9-3-1-4-10-17)14-8-16-28-20(30)18-11-5-2-6-12-18/h1-6,9-12H,7-8,13-16H2,(H,27,29)(H,28,30). The van der Waals surface area contributed by atoms with Crippen molar-refractivity contribution in [1.29, 1.82) is 0 Å². The van der Waals surface area contributed by atoms with Gasteiger partial charge in [0.2, 0.25) is 0 Å². The molecule has 31 heavy (non-hydrogen) atoms. The molecule has 2 N–H and O–H groups in total. The Morgan fingerprint density at radius 2 is 1.16 bits per heavy atom. The Bertz CT molecular complexity index is 773. The average molecular weight is 457 g/mol. The average Bonchev–Trinajstić information content (AvgIpc) is 2.74. The third-order valence-corrected chi connectivity index (χ3v) is 4.85. The number of amides is 2. The molecule has 0 unspecified atom stereocenters. The zero-order valence-corrected chi connectivity index (χ0v) is 17.5. The summed E-state index contributed by atoms with van der Waals surface area (Å²) in [5.74, 6) is -0.637. The van der Waals surface area contributed by atoms with Gasteiger partial charge in [-0.1, -0.05) is 48.0 Å². The van der Waals surface area contributed by atoms with Crippen molar-refractivity contribution in [1.82, 2.24) is 10.6 Å². The first kappa shape index (κ1) is 24.7. The predicted octanol–water partition coefficient (Wildman–Crippen LogP) is 4.88. The van der Waals surface area contributed by atoms with Gasteiger partial charge in [0.1, 0.15) is 0 Å². The van der Waals surface area contributed by atoms with E-state index in [4.69, 9.17) is 11.6 Å². The number of alkyl halides is 4. The maximum atomic E-state index is 12.8. The highest BCUT2D eigenvalue weighted by Crippen LogP contribution is 2.35. The minimum Gasteiger partial charge on any atom is -0.352 e. The Labute approximate surface area is 183 Å². The Kier molecular flexibility index (Phi) is 9.33. The molecule has 2 rings (SSSR count). The van der Waals surface area contributed by atoms with E-state index < -0.39 is 11.4 Å². The molecule has 0 atom stereocenters. The minimum atomic E-state index is -4.90. The Hall–Kier alpha value is -2.58. The molecule has 0 heterocycles. The van der Waals surface area contributed by atoms with Crippen molar-refractivity contribution in [2.45, 2.75) is 37.1 Å². The number of benzene rings is 2. The second-order valence-electron chi connectivity index (χ2n) is 6.88. The first-order chi connectivity index (χ1) is 14.7. The maximum absolute atomic E-state index is 12.8. The highest BCUT2D eigenvalue weighted by molar-refractivity contribution is 6.22. The van der Waals surface area contributed by atoms with Crippen LogP contribution in [0.4, 0.5) is 13.2 Å². The van der Waals surface area contributed by atoms with Crippen molar-refractivity contribution in [2.24, 2.45) is 0 Å². The summed E-state index contributed by atoms with van der Waals surface area (Å²) in [7, 11) is 0. The normalized spacial score (nSPS) is 11.7. The van der Waals surface area contributed by atoms with Gasteiger partial charge in [-0.15, -0.1) is 13.2 Å². The van der Waals surface area contributed by atoms with Gasteiger partial charge < -0.3 is 10.6 Å². The van der Waals surface area contributed by atoms with Crippen LogP contribution in [0, 0.1) is 0 Å². The molecule has 9 heteroatoms. The van der Waals surface area contributed by atoms with Crippen LogP contribution in [-0.4, -0.2) is 36.3 Å². The third-order valence-electron chi connectivity index (χ3n) is 4.40. The third kappa shape index (κ3) is 9.40. The van der Waals surface area contributed by atoms with Gasteiger partial charge in [0.05, 0.1) is 0 Å². The van der Waals surface area contributed by atoms with Crippen molar-refractivity contribution in [2.75, 3.05) is 13.1 Å². The molecule has 0 aliphatic rings. The number of carbonyl (C=O) groups excluding carboxylic acids is 2. The monoisotopic (exact) mass is 456 g/mol. The van der Waals surface area contributed by atoms with E-state index in [0.717, 1.165) is 0 Å². The lowest BCUT2D eigenvalue weighted by Crippen LogP contribution is -2.35. The summed E-state index contributed by atoms with van der Waals surface area (Å²) in [5.41, 5.74) is 0.917. The molecule has 2 amide bonds. The lowest BCUT2D eigenvalue weighted by atomic mass is 10.1. The number of ether oxygens (including phenoxy) is 1. The topological polar surface area (TPSA) is 67.4 Å². The summed E-state index contributed by atoms with van der Waals surface area (Å²) in [5, 5.41) is 3.31. The van der Waals surface area contributed by atoms with Gasteiger partial charge in [-0.3, -0.25) is 14.3 Å². The first-order valence-electron chi connectivity index (χ1n) is 9.81. The fourth-order valence-electron chi connectivity index (χ4n) is 2.93. The van der Waals surface area contributed by atoms with E-state index in [2.05, 4.69) is 15.4 Å². The molecule has 0 aliphatic heterocycles. The summed E-state index contributed by atoms with van der Waals surface area (Å²) < 4.78 is 42.6.